The Hall–Kier alpha value is -2.77. The molecule has 0 atom stereocenters. The third-order valence-electron chi connectivity index (χ3n) is 3.41. The van der Waals surface area contributed by atoms with Crippen molar-refractivity contribution in [1.82, 2.24) is 4.98 Å². The fourth-order valence-corrected chi connectivity index (χ4v) is 3.09. The molecule has 2 amide bonds. The molecule has 2 aromatic carbocycles. The standard InChI is InChI=1S/C18H13ClFN3O2S/c1-10(24)21-13-5-2-11(3-6-13)17(25)23-18-22-16(9-26-18)12-4-7-15(20)14(19)8-12/h2-9H,1H3,(H,21,24)(H,22,23,25). The highest BCUT2D eigenvalue weighted by Gasteiger charge is 2.11. The van der Waals surface area contributed by atoms with Gasteiger partial charge in [0.25, 0.3) is 5.91 Å². The van der Waals surface area contributed by atoms with E-state index in [-0.39, 0.29) is 16.8 Å². The van der Waals surface area contributed by atoms with E-state index in [2.05, 4.69) is 15.6 Å². The van der Waals surface area contributed by atoms with E-state index in [1.54, 1.807) is 35.7 Å². The van der Waals surface area contributed by atoms with Gasteiger partial charge in [0.05, 0.1) is 10.7 Å². The van der Waals surface area contributed by atoms with Gasteiger partial charge in [0.1, 0.15) is 5.82 Å². The summed E-state index contributed by atoms with van der Waals surface area (Å²) in [5.74, 6) is -1.00. The molecule has 0 saturated carbocycles. The molecule has 3 aromatic rings. The summed E-state index contributed by atoms with van der Waals surface area (Å²) in [6.07, 6.45) is 0. The molecule has 3 rings (SSSR count). The van der Waals surface area contributed by atoms with Crippen molar-refractivity contribution in [2.24, 2.45) is 0 Å². The average molecular weight is 390 g/mol. The van der Waals surface area contributed by atoms with Crippen molar-refractivity contribution < 1.29 is 14.0 Å². The number of rotatable bonds is 4. The van der Waals surface area contributed by atoms with Gasteiger partial charge in [-0.3, -0.25) is 14.9 Å². The quantitative estimate of drug-likeness (QED) is 0.672. The lowest BCUT2D eigenvalue weighted by Crippen LogP contribution is -2.12. The molecule has 0 radical (unpaired) electrons. The second kappa shape index (κ2) is 7.63. The highest BCUT2D eigenvalue weighted by molar-refractivity contribution is 7.14. The number of thiazole rings is 1. The Labute approximate surface area is 157 Å². The maximum atomic E-state index is 13.2. The summed E-state index contributed by atoms with van der Waals surface area (Å²) in [7, 11) is 0. The number of carbonyl (C=O) groups is 2. The van der Waals surface area contributed by atoms with Gasteiger partial charge in [-0.05, 0) is 42.5 Å². The van der Waals surface area contributed by atoms with Crippen LogP contribution < -0.4 is 10.6 Å². The van der Waals surface area contributed by atoms with Crippen LogP contribution in [0.3, 0.4) is 0 Å². The number of anilines is 2. The van der Waals surface area contributed by atoms with Crippen molar-refractivity contribution in [3.63, 3.8) is 0 Å². The van der Waals surface area contributed by atoms with Gasteiger partial charge in [-0.15, -0.1) is 11.3 Å². The van der Waals surface area contributed by atoms with Gasteiger partial charge < -0.3 is 5.32 Å². The van der Waals surface area contributed by atoms with E-state index in [0.29, 0.717) is 27.6 Å². The molecular weight excluding hydrogens is 377 g/mol. The van der Waals surface area contributed by atoms with Gasteiger partial charge in [-0.1, -0.05) is 11.6 Å². The van der Waals surface area contributed by atoms with Crippen molar-refractivity contribution in [1.29, 1.82) is 0 Å². The largest absolute Gasteiger partial charge is 0.326 e. The van der Waals surface area contributed by atoms with Gasteiger partial charge in [0.15, 0.2) is 5.13 Å². The van der Waals surface area contributed by atoms with Crippen LogP contribution in [0.25, 0.3) is 11.3 Å². The Balaban J connectivity index is 1.71. The van der Waals surface area contributed by atoms with Crippen LogP contribution >= 0.6 is 22.9 Å². The molecular formula is C18H13ClFN3O2S. The molecule has 0 spiro atoms. The molecule has 8 heteroatoms. The van der Waals surface area contributed by atoms with Gasteiger partial charge >= 0.3 is 0 Å². The van der Waals surface area contributed by atoms with E-state index in [0.717, 1.165) is 0 Å². The van der Waals surface area contributed by atoms with E-state index in [1.165, 1.54) is 30.4 Å². The van der Waals surface area contributed by atoms with Crippen LogP contribution in [0.1, 0.15) is 17.3 Å². The summed E-state index contributed by atoms with van der Waals surface area (Å²) in [5.41, 5.74) is 2.29. The minimum atomic E-state index is -0.498. The number of carbonyl (C=O) groups excluding carboxylic acids is 2. The Morgan fingerprint density at radius 3 is 2.50 bits per heavy atom. The van der Waals surface area contributed by atoms with Crippen molar-refractivity contribution in [2.45, 2.75) is 6.92 Å². The highest BCUT2D eigenvalue weighted by Crippen LogP contribution is 2.28. The van der Waals surface area contributed by atoms with Crippen LogP contribution in [-0.4, -0.2) is 16.8 Å². The van der Waals surface area contributed by atoms with Crippen LogP contribution in [0.4, 0.5) is 15.2 Å². The summed E-state index contributed by atoms with van der Waals surface area (Å²) < 4.78 is 13.2. The first-order valence-corrected chi connectivity index (χ1v) is 8.78. The fourth-order valence-electron chi connectivity index (χ4n) is 2.20. The van der Waals surface area contributed by atoms with Crippen LogP contribution in [0.2, 0.25) is 5.02 Å². The predicted molar refractivity (Wildman–Crippen MR) is 101 cm³/mol. The molecule has 0 unspecified atom stereocenters. The van der Waals surface area contributed by atoms with Gasteiger partial charge in [-0.2, -0.15) is 0 Å². The van der Waals surface area contributed by atoms with Crippen LogP contribution in [0, 0.1) is 5.82 Å². The zero-order valence-electron chi connectivity index (χ0n) is 13.5. The molecule has 2 N–H and O–H groups in total. The molecule has 26 heavy (non-hydrogen) atoms. The van der Waals surface area contributed by atoms with Crippen LogP contribution in [-0.2, 0) is 4.79 Å². The summed E-state index contributed by atoms with van der Waals surface area (Å²) in [5, 5.41) is 7.52. The molecule has 5 nitrogen and oxygen atoms in total. The maximum Gasteiger partial charge on any atom is 0.257 e. The normalized spacial score (nSPS) is 10.4. The monoisotopic (exact) mass is 389 g/mol. The molecule has 132 valence electrons. The minimum absolute atomic E-state index is 0.0142. The second-order valence-electron chi connectivity index (χ2n) is 5.38. The number of nitrogens with one attached hydrogen (secondary N) is 2. The molecule has 0 saturated heterocycles. The molecule has 0 fully saturated rings. The van der Waals surface area contributed by atoms with E-state index in [9.17, 15) is 14.0 Å². The number of nitrogens with zero attached hydrogens (tertiary/aromatic N) is 1. The number of amides is 2. The molecule has 1 heterocycles. The number of hydrogen-bond donors (Lipinski definition) is 2. The number of aromatic nitrogens is 1. The summed E-state index contributed by atoms with van der Waals surface area (Å²) in [4.78, 5) is 27.6. The maximum absolute atomic E-state index is 13.2. The van der Waals surface area contributed by atoms with E-state index < -0.39 is 5.82 Å². The summed E-state index contributed by atoms with van der Waals surface area (Å²) >= 11 is 7.04. The zero-order valence-corrected chi connectivity index (χ0v) is 15.1. The Kier molecular flexibility index (Phi) is 5.29. The number of benzene rings is 2. The van der Waals surface area contributed by atoms with Crippen molar-refractivity contribution >= 4 is 45.6 Å². The lowest BCUT2D eigenvalue weighted by Gasteiger charge is -2.04. The Bertz CT molecular complexity index is 973. The lowest BCUT2D eigenvalue weighted by molar-refractivity contribution is -0.114. The summed E-state index contributed by atoms with van der Waals surface area (Å²) in [6, 6.07) is 10.8. The highest BCUT2D eigenvalue weighted by atomic mass is 35.5. The summed E-state index contributed by atoms with van der Waals surface area (Å²) in [6.45, 7) is 1.41. The third-order valence-corrected chi connectivity index (χ3v) is 4.45. The van der Waals surface area contributed by atoms with E-state index in [4.69, 9.17) is 11.6 Å². The van der Waals surface area contributed by atoms with Crippen molar-refractivity contribution in [2.75, 3.05) is 10.6 Å². The topological polar surface area (TPSA) is 71.1 Å². The second-order valence-corrected chi connectivity index (χ2v) is 6.64. The van der Waals surface area contributed by atoms with Crippen molar-refractivity contribution in [3.8, 4) is 11.3 Å². The fraction of sp³-hybridized carbons (Fsp3) is 0.0556. The number of halogens is 2. The lowest BCUT2D eigenvalue weighted by atomic mass is 10.2. The molecule has 0 aliphatic carbocycles. The Morgan fingerprint density at radius 1 is 1.12 bits per heavy atom. The Morgan fingerprint density at radius 2 is 1.85 bits per heavy atom. The van der Waals surface area contributed by atoms with E-state index >= 15 is 0 Å². The minimum Gasteiger partial charge on any atom is -0.326 e. The van der Waals surface area contributed by atoms with Crippen molar-refractivity contribution in [3.05, 3.63) is 64.2 Å². The number of hydrogen-bond acceptors (Lipinski definition) is 4. The van der Waals surface area contributed by atoms with Crippen LogP contribution in [0.15, 0.2) is 47.8 Å². The van der Waals surface area contributed by atoms with Crippen LogP contribution in [0.5, 0.6) is 0 Å². The first kappa shape index (κ1) is 18.0. The molecule has 1 aromatic heterocycles. The average Bonchev–Trinajstić information content (AvgIpc) is 3.06. The molecule has 0 aliphatic rings. The predicted octanol–water partition coefficient (Wildman–Crippen LogP) is 4.81. The smallest absolute Gasteiger partial charge is 0.257 e. The third kappa shape index (κ3) is 4.25. The molecule has 0 bridgehead atoms. The zero-order chi connectivity index (χ0) is 18.7. The van der Waals surface area contributed by atoms with Gasteiger partial charge in [0, 0.05) is 29.1 Å². The van der Waals surface area contributed by atoms with E-state index in [1.807, 2.05) is 0 Å². The SMILES string of the molecule is CC(=O)Nc1ccc(C(=O)Nc2nc(-c3ccc(F)c(Cl)c3)cs2)cc1. The van der Waals surface area contributed by atoms with Gasteiger partial charge in [-0.25, -0.2) is 9.37 Å². The molecule has 0 aliphatic heterocycles. The van der Waals surface area contributed by atoms with Gasteiger partial charge in [0.2, 0.25) is 5.91 Å². The first-order valence-electron chi connectivity index (χ1n) is 7.52. The first-order chi connectivity index (χ1) is 12.4.